The average Bonchev–Trinajstić information content (AvgIpc) is 3.33. The summed E-state index contributed by atoms with van der Waals surface area (Å²) in [5, 5.41) is 2.95. The predicted octanol–water partition coefficient (Wildman–Crippen LogP) is 3.93. The summed E-state index contributed by atoms with van der Waals surface area (Å²) in [6.45, 7) is 2.63. The second-order valence-corrected chi connectivity index (χ2v) is 9.03. The molecule has 38 heavy (non-hydrogen) atoms. The minimum Gasteiger partial charge on any atom is -0.494 e. The van der Waals surface area contributed by atoms with E-state index < -0.39 is 23.8 Å². The average molecular weight is 530 g/mol. The highest BCUT2D eigenvalue weighted by Gasteiger charge is 2.36. The number of nitrogens with zero attached hydrogens (tertiary/aromatic N) is 2. The molecule has 4 rings (SSSR count). The van der Waals surface area contributed by atoms with E-state index in [0.717, 1.165) is 17.1 Å². The van der Waals surface area contributed by atoms with Crippen LogP contribution in [0.1, 0.15) is 44.3 Å². The first-order valence-electron chi connectivity index (χ1n) is 11.9. The van der Waals surface area contributed by atoms with Crippen LogP contribution in [0.25, 0.3) is 0 Å². The fourth-order valence-corrected chi connectivity index (χ4v) is 4.67. The second-order valence-electron chi connectivity index (χ2n) is 8.26. The molecule has 0 fully saturated rings. The Kier molecular flexibility index (Phi) is 8.34. The van der Waals surface area contributed by atoms with Gasteiger partial charge in [0.2, 0.25) is 5.91 Å². The molecule has 0 aliphatic carbocycles. The van der Waals surface area contributed by atoms with Gasteiger partial charge in [-0.15, -0.1) is 0 Å². The molecule has 10 heteroatoms. The molecule has 194 valence electrons. The fourth-order valence-electron chi connectivity index (χ4n) is 3.92. The van der Waals surface area contributed by atoms with Gasteiger partial charge in [0.05, 0.1) is 12.3 Å². The van der Waals surface area contributed by atoms with E-state index >= 15 is 0 Å². The number of anilines is 2. The van der Waals surface area contributed by atoms with Gasteiger partial charge in [-0.1, -0.05) is 60.7 Å². The summed E-state index contributed by atoms with van der Waals surface area (Å²) in [4.78, 5) is 41.0. The van der Waals surface area contributed by atoms with Crippen molar-refractivity contribution in [2.24, 2.45) is 5.73 Å². The SMILES string of the molecule is CCOc1ccc([C@@H](C(=O)NCc2ccccc2)N(C(=O)c2snc(C(N)=O)c2N)c2ccccc2)cc1. The first-order chi connectivity index (χ1) is 18.4. The Morgan fingerprint density at radius 2 is 1.61 bits per heavy atom. The topological polar surface area (TPSA) is 141 Å². The summed E-state index contributed by atoms with van der Waals surface area (Å²) in [7, 11) is 0. The molecule has 0 bridgehead atoms. The van der Waals surface area contributed by atoms with Crippen molar-refractivity contribution in [1.82, 2.24) is 9.69 Å². The monoisotopic (exact) mass is 529 g/mol. The first-order valence-corrected chi connectivity index (χ1v) is 12.7. The number of nitrogens with two attached hydrogens (primary N) is 2. The van der Waals surface area contributed by atoms with Crippen molar-refractivity contribution >= 4 is 40.6 Å². The van der Waals surface area contributed by atoms with Crippen molar-refractivity contribution in [1.29, 1.82) is 0 Å². The highest BCUT2D eigenvalue weighted by atomic mass is 32.1. The summed E-state index contributed by atoms with van der Waals surface area (Å²) in [6.07, 6.45) is 0. The van der Waals surface area contributed by atoms with E-state index in [1.54, 1.807) is 54.6 Å². The Labute approximate surface area is 224 Å². The van der Waals surface area contributed by atoms with Gasteiger partial charge in [0.15, 0.2) is 5.69 Å². The number of rotatable bonds is 10. The van der Waals surface area contributed by atoms with Crippen LogP contribution in [-0.4, -0.2) is 28.7 Å². The number of ether oxygens (including phenoxy) is 1. The van der Waals surface area contributed by atoms with Gasteiger partial charge in [-0.05, 0) is 53.8 Å². The lowest BCUT2D eigenvalue weighted by molar-refractivity contribution is -0.122. The minimum atomic E-state index is -1.08. The van der Waals surface area contributed by atoms with Crippen LogP contribution in [-0.2, 0) is 11.3 Å². The molecule has 0 spiro atoms. The molecule has 1 aromatic heterocycles. The number of aromatic nitrogens is 1. The van der Waals surface area contributed by atoms with Gasteiger partial charge in [-0.2, -0.15) is 4.37 Å². The molecule has 0 radical (unpaired) electrons. The lowest BCUT2D eigenvalue weighted by Crippen LogP contribution is -2.44. The molecule has 0 aliphatic rings. The van der Waals surface area contributed by atoms with Crippen molar-refractivity contribution in [3.63, 3.8) is 0 Å². The Balaban J connectivity index is 1.80. The van der Waals surface area contributed by atoms with Crippen LogP contribution >= 0.6 is 11.5 Å². The summed E-state index contributed by atoms with van der Waals surface area (Å²) in [6, 6.07) is 24.1. The lowest BCUT2D eigenvalue weighted by atomic mass is 10.0. The van der Waals surface area contributed by atoms with E-state index in [-0.39, 0.29) is 22.8 Å². The van der Waals surface area contributed by atoms with E-state index in [9.17, 15) is 14.4 Å². The normalized spacial score (nSPS) is 11.4. The number of benzene rings is 3. The maximum absolute atomic E-state index is 14.0. The molecule has 1 heterocycles. The molecule has 3 aromatic carbocycles. The van der Waals surface area contributed by atoms with Crippen LogP contribution in [0, 0.1) is 0 Å². The molecular weight excluding hydrogens is 502 g/mol. The molecule has 0 saturated carbocycles. The van der Waals surface area contributed by atoms with Crippen LogP contribution in [0.15, 0.2) is 84.9 Å². The van der Waals surface area contributed by atoms with E-state index in [1.807, 2.05) is 37.3 Å². The predicted molar refractivity (Wildman–Crippen MR) is 147 cm³/mol. The number of carbonyl (C=O) groups excluding carboxylic acids is 3. The zero-order chi connectivity index (χ0) is 27.1. The molecule has 9 nitrogen and oxygen atoms in total. The van der Waals surface area contributed by atoms with Crippen molar-refractivity contribution in [2.45, 2.75) is 19.5 Å². The lowest BCUT2D eigenvalue weighted by Gasteiger charge is -2.31. The van der Waals surface area contributed by atoms with Gasteiger partial charge in [-0.3, -0.25) is 19.3 Å². The molecule has 5 N–H and O–H groups in total. The summed E-state index contributed by atoms with van der Waals surface area (Å²) in [5.41, 5.74) is 13.1. The molecule has 4 aromatic rings. The molecular formula is C28H27N5O4S. The van der Waals surface area contributed by atoms with Crippen LogP contribution in [0.4, 0.5) is 11.4 Å². The maximum Gasteiger partial charge on any atom is 0.273 e. The Hall–Kier alpha value is -4.70. The van der Waals surface area contributed by atoms with Crippen LogP contribution < -0.4 is 26.4 Å². The number of para-hydroxylation sites is 1. The fraction of sp³-hybridized carbons (Fsp3) is 0.143. The second kappa shape index (κ2) is 12.0. The Morgan fingerprint density at radius 3 is 2.18 bits per heavy atom. The first kappa shape index (κ1) is 26.4. The van der Waals surface area contributed by atoms with Crippen molar-refractivity contribution in [3.8, 4) is 5.75 Å². The maximum atomic E-state index is 14.0. The van der Waals surface area contributed by atoms with E-state index in [4.69, 9.17) is 16.2 Å². The molecule has 3 amide bonds. The smallest absolute Gasteiger partial charge is 0.273 e. The third-order valence-electron chi connectivity index (χ3n) is 5.73. The van der Waals surface area contributed by atoms with E-state index in [1.165, 1.54) is 4.90 Å². The number of carbonyl (C=O) groups is 3. The van der Waals surface area contributed by atoms with Gasteiger partial charge < -0.3 is 21.5 Å². The van der Waals surface area contributed by atoms with Crippen molar-refractivity contribution in [3.05, 3.63) is 107 Å². The number of primary amides is 1. The Bertz CT molecular complexity index is 1410. The quantitative estimate of drug-likeness (QED) is 0.284. The standard InChI is InChI=1S/C28H27N5O4S/c1-2-37-21-15-13-19(14-16-21)24(27(35)31-17-18-9-5-3-6-10-18)33(20-11-7-4-8-12-20)28(36)25-22(29)23(26(30)34)32-38-25/h3-16,24H,2,17,29H2,1H3,(H2,30,34)(H,31,35)/t24-/m0/s1. The van der Waals surface area contributed by atoms with Gasteiger partial charge >= 0.3 is 0 Å². The minimum absolute atomic E-state index is 0.00875. The molecule has 0 aliphatic heterocycles. The Morgan fingerprint density at radius 1 is 0.974 bits per heavy atom. The van der Waals surface area contributed by atoms with Crippen LogP contribution in [0.2, 0.25) is 0 Å². The zero-order valence-electron chi connectivity index (χ0n) is 20.7. The van der Waals surface area contributed by atoms with Gasteiger partial charge in [0.25, 0.3) is 11.8 Å². The molecule has 1 atom stereocenters. The summed E-state index contributed by atoms with van der Waals surface area (Å²) >= 11 is 0.760. The molecule has 0 saturated heterocycles. The number of nitrogen functional groups attached to an aromatic ring is 1. The number of hydrogen-bond donors (Lipinski definition) is 3. The van der Waals surface area contributed by atoms with Gasteiger partial charge in [0.1, 0.15) is 16.7 Å². The van der Waals surface area contributed by atoms with Crippen molar-refractivity contribution < 1.29 is 19.1 Å². The zero-order valence-corrected chi connectivity index (χ0v) is 21.5. The van der Waals surface area contributed by atoms with Crippen LogP contribution in [0.3, 0.4) is 0 Å². The van der Waals surface area contributed by atoms with Gasteiger partial charge in [0, 0.05) is 12.2 Å². The third kappa shape index (κ3) is 5.81. The number of amides is 3. The summed E-state index contributed by atoms with van der Waals surface area (Å²) < 4.78 is 9.54. The number of hydrogen-bond acceptors (Lipinski definition) is 7. The summed E-state index contributed by atoms with van der Waals surface area (Å²) in [5.74, 6) is -1.20. The molecule has 0 unspecified atom stereocenters. The van der Waals surface area contributed by atoms with Crippen LogP contribution in [0.5, 0.6) is 5.75 Å². The van der Waals surface area contributed by atoms with Gasteiger partial charge in [-0.25, -0.2) is 0 Å². The van der Waals surface area contributed by atoms with E-state index in [0.29, 0.717) is 23.6 Å². The van der Waals surface area contributed by atoms with E-state index in [2.05, 4.69) is 9.69 Å². The largest absolute Gasteiger partial charge is 0.494 e. The van der Waals surface area contributed by atoms with Crippen molar-refractivity contribution in [2.75, 3.05) is 17.2 Å². The third-order valence-corrected chi connectivity index (χ3v) is 6.58. The number of nitrogens with one attached hydrogen (secondary N) is 1. The highest BCUT2D eigenvalue weighted by Crippen LogP contribution is 2.33. The highest BCUT2D eigenvalue weighted by molar-refractivity contribution is 7.09.